The number of benzene rings is 3. The maximum Gasteiger partial charge on any atom is 0.294 e. The summed E-state index contributed by atoms with van der Waals surface area (Å²) in [6.45, 7) is 3.88. The van der Waals surface area contributed by atoms with Gasteiger partial charge in [0.2, 0.25) is 5.91 Å². The molecule has 4 rings (SSSR count). The molecule has 9 nitrogen and oxygen atoms in total. The molecule has 1 aliphatic rings. The maximum atomic E-state index is 12.9. The summed E-state index contributed by atoms with van der Waals surface area (Å²) in [7, 11) is 0. The Morgan fingerprint density at radius 2 is 1.82 bits per heavy atom. The molecule has 0 aliphatic carbocycles. The summed E-state index contributed by atoms with van der Waals surface area (Å²) >= 11 is 1.95. The van der Waals surface area contributed by atoms with E-state index in [-0.39, 0.29) is 10.6 Å². The second-order valence-corrected chi connectivity index (χ2v) is 10.3. The maximum absolute atomic E-state index is 12.9. The molecule has 0 atom stereocenters. The molecule has 1 N–H and O–H groups in total. The number of amides is 3. The van der Waals surface area contributed by atoms with Gasteiger partial charge in [-0.3, -0.25) is 29.4 Å². The van der Waals surface area contributed by atoms with Crippen LogP contribution in [0.2, 0.25) is 0 Å². The highest BCUT2D eigenvalue weighted by atomic mass is 32.2. The zero-order valence-electron chi connectivity index (χ0n) is 20.5. The van der Waals surface area contributed by atoms with E-state index in [2.05, 4.69) is 5.32 Å². The molecule has 0 saturated carbocycles. The molecule has 0 radical (unpaired) electrons. The molecule has 1 aliphatic heterocycles. The van der Waals surface area contributed by atoms with E-state index in [1.807, 2.05) is 38.1 Å². The number of hydrogen-bond donors (Lipinski definition) is 1. The predicted octanol–water partition coefficient (Wildman–Crippen LogP) is 6.13. The first-order valence-electron chi connectivity index (χ1n) is 11.5. The minimum atomic E-state index is -0.636. The lowest BCUT2D eigenvalue weighted by atomic mass is 10.2. The van der Waals surface area contributed by atoms with Crippen molar-refractivity contribution in [2.45, 2.75) is 23.6 Å². The lowest BCUT2D eigenvalue weighted by molar-refractivity contribution is -0.387. The van der Waals surface area contributed by atoms with E-state index in [0.717, 1.165) is 15.4 Å². The average Bonchev–Trinajstić information content (AvgIpc) is 3.14. The Bertz CT molecular complexity index is 1420. The molecular weight excluding hydrogens is 526 g/mol. The number of ether oxygens (including phenoxy) is 1. The summed E-state index contributed by atoms with van der Waals surface area (Å²) < 4.78 is 5.36. The zero-order chi connectivity index (χ0) is 27.2. The fourth-order valence-corrected chi connectivity index (χ4v) is 5.26. The van der Waals surface area contributed by atoms with Crippen LogP contribution in [0.5, 0.6) is 5.75 Å². The van der Waals surface area contributed by atoms with Gasteiger partial charge in [0.1, 0.15) is 12.3 Å². The number of carbonyl (C=O) groups is 3. The van der Waals surface area contributed by atoms with Crippen molar-refractivity contribution in [2.75, 3.05) is 18.5 Å². The molecule has 38 heavy (non-hydrogen) atoms. The van der Waals surface area contributed by atoms with Crippen LogP contribution < -0.4 is 10.1 Å². The van der Waals surface area contributed by atoms with Gasteiger partial charge in [-0.05, 0) is 79.7 Å². The molecular formula is C27H23N3O6S2. The Hall–Kier alpha value is -4.09. The minimum absolute atomic E-state index is 0.0807. The number of rotatable bonds is 9. The minimum Gasteiger partial charge on any atom is -0.494 e. The number of nitro groups is 1. The van der Waals surface area contributed by atoms with Crippen molar-refractivity contribution < 1.29 is 24.0 Å². The van der Waals surface area contributed by atoms with Gasteiger partial charge in [0, 0.05) is 16.6 Å². The normalized spacial score (nSPS) is 14.2. The van der Waals surface area contributed by atoms with E-state index in [4.69, 9.17) is 4.74 Å². The number of thioether (sulfide) groups is 1. The number of hydrogen-bond acceptors (Lipinski definition) is 8. The van der Waals surface area contributed by atoms with Gasteiger partial charge in [-0.25, -0.2) is 0 Å². The number of nitrogens with zero attached hydrogens (tertiary/aromatic N) is 2. The fourth-order valence-electron chi connectivity index (χ4n) is 3.52. The first kappa shape index (κ1) is 27.0. The van der Waals surface area contributed by atoms with Crippen LogP contribution in [0.4, 0.5) is 16.2 Å². The van der Waals surface area contributed by atoms with E-state index in [9.17, 15) is 24.5 Å². The quantitative estimate of drug-likeness (QED) is 0.192. The third-order valence-corrected chi connectivity index (χ3v) is 7.33. The second-order valence-electron chi connectivity index (χ2n) is 8.17. The molecule has 0 spiro atoms. The molecule has 0 aromatic heterocycles. The standard InChI is InChI=1S/C27H23N3O6S2/c1-3-36-20-9-7-19(8-10-20)28-25(31)16-29-26(32)24(38-27(29)33)15-18-6-13-23(22(14-18)30(34)35)37-21-11-4-17(2)5-12-21/h4-15H,3,16H2,1-2H3,(H,28,31)/b24-15-. The van der Waals surface area contributed by atoms with Gasteiger partial charge in [0.25, 0.3) is 16.8 Å². The van der Waals surface area contributed by atoms with Crippen LogP contribution in [-0.4, -0.2) is 40.0 Å². The molecule has 3 aromatic carbocycles. The molecule has 1 saturated heterocycles. The van der Waals surface area contributed by atoms with Gasteiger partial charge < -0.3 is 10.1 Å². The Kier molecular flexibility index (Phi) is 8.49. The molecule has 0 unspecified atom stereocenters. The molecule has 194 valence electrons. The van der Waals surface area contributed by atoms with Gasteiger partial charge >= 0.3 is 0 Å². The number of imide groups is 1. The van der Waals surface area contributed by atoms with Crippen LogP contribution in [0.25, 0.3) is 6.08 Å². The van der Waals surface area contributed by atoms with Crippen molar-refractivity contribution >= 4 is 58.0 Å². The Labute approximate surface area is 227 Å². The third kappa shape index (κ3) is 6.61. The Morgan fingerprint density at radius 3 is 2.47 bits per heavy atom. The van der Waals surface area contributed by atoms with Gasteiger partial charge in [-0.2, -0.15) is 0 Å². The van der Waals surface area contributed by atoms with E-state index >= 15 is 0 Å². The first-order chi connectivity index (χ1) is 18.2. The summed E-state index contributed by atoms with van der Waals surface area (Å²) in [5, 5.41) is 13.8. The van der Waals surface area contributed by atoms with Crippen molar-refractivity contribution in [3.05, 3.63) is 92.9 Å². The van der Waals surface area contributed by atoms with Crippen molar-refractivity contribution in [3.63, 3.8) is 0 Å². The van der Waals surface area contributed by atoms with Crippen molar-refractivity contribution in [2.24, 2.45) is 0 Å². The lowest BCUT2D eigenvalue weighted by Gasteiger charge is -2.12. The molecule has 3 aromatic rings. The Morgan fingerprint density at radius 1 is 1.11 bits per heavy atom. The summed E-state index contributed by atoms with van der Waals surface area (Å²) in [6, 6.07) is 19.0. The third-order valence-electron chi connectivity index (χ3n) is 5.35. The van der Waals surface area contributed by atoms with Crippen LogP contribution in [0.3, 0.4) is 0 Å². The summed E-state index contributed by atoms with van der Waals surface area (Å²) in [4.78, 5) is 51.3. The van der Waals surface area contributed by atoms with Crippen molar-refractivity contribution in [3.8, 4) is 5.75 Å². The second kappa shape index (κ2) is 12.0. The van der Waals surface area contributed by atoms with Crippen molar-refractivity contribution in [1.29, 1.82) is 0 Å². The van der Waals surface area contributed by atoms with Gasteiger partial charge in [0.15, 0.2) is 0 Å². The molecule has 0 bridgehead atoms. The molecule has 1 heterocycles. The Balaban J connectivity index is 1.45. The monoisotopic (exact) mass is 549 g/mol. The van der Waals surface area contributed by atoms with Crippen LogP contribution >= 0.6 is 23.5 Å². The van der Waals surface area contributed by atoms with Crippen LogP contribution in [-0.2, 0) is 9.59 Å². The fraction of sp³-hybridized carbons (Fsp3) is 0.148. The van der Waals surface area contributed by atoms with Crippen LogP contribution in [0.15, 0.2) is 81.4 Å². The SMILES string of the molecule is CCOc1ccc(NC(=O)CN2C(=O)S/C(=C\c3ccc(Sc4ccc(C)cc4)c([N+](=O)[O-])c3)C2=O)cc1. The van der Waals surface area contributed by atoms with E-state index in [1.165, 1.54) is 23.9 Å². The highest BCUT2D eigenvalue weighted by Crippen LogP contribution is 2.37. The first-order valence-corrected chi connectivity index (χ1v) is 13.2. The number of nitro benzene ring substituents is 1. The predicted molar refractivity (Wildman–Crippen MR) is 147 cm³/mol. The van der Waals surface area contributed by atoms with Gasteiger partial charge in [0.05, 0.1) is 21.3 Å². The smallest absolute Gasteiger partial charge is 0.294 e. The molecule has 3 amide bonds. The van der Waals surface area contributed by atoms with E-state index in [0.29, 0.717) is 40.3 Å². The topological polar surface area (TPSA) is 119 Å². The summed E-state index contributed by atoms with van der Waals surface area (Å²) in [5.74, 6) is -0.517. The highest BCUT2D eigenvalue weighted by Gasteiger charge is 2.36. The number of aryl methyl sites for hydroxylation is 1. The molecule has 1 fully saturated rings. The number of nitrogens with one attached hydrogen (secondary N) is 1. The van der Waals surface area contributed by atoms with Crippen LogP contribution in [0, 0.1) is 17.0 Å². The lowest BCUT2D eigenvalue weighted by Crippen LogP contribution is -2.36. The van der Waals surface area contributed by atoms with Gasteiger partial charge in [-0.1, -0.05) is 35.5 Å². The largest absolute Gasteiger partial charge is 0.494 e. The van der Waals surface area contributed by atoms with Crippen LogP contribution in [0.1, 0.15) is 18.1 Å². The summed E-state index contributed by atoms with van der Waals surface area (Å²) in [5.41, 5.74) is 1.87. The van der Waals surface area contributed by atoms with E-state index in [1.54, 1.807) is 36.4 Å². The van der Waals surface area contributed by atoms with E-state index < -0.39 is 28.5 Å². The zero-order valence-corrected chi connectivity index (χ0v) is 22.1. The highest BCUT2D eigenvalue weighted by molar-refractivity contribution is 8.18. The van der Waals surface area contributed by atoms with Gasteiger partial charge in [-0.15, -0.1) is 0 Å². The summed E-state index contributed by atoms with van der Waals surface area (Å²) in [6.07, 6.45) is 1.42. The number of carbonyl (C=O) groups excluding carboxylic acids is 3. The van der Waals surface area contributed by atoms with Crippen molar-refractivity contribution in [1.82, 2.24) is 4.90 Å². The average molecular weight is 550 g/mol. The molecule has 11 heteroatoms. The number of anilines is 1.